The van der Waals surface area contributed by atoms with Crippen LogP contribution in [-0.2, 0) is 0 Å². The van der Waals surface area contributed by atoms with E-state index in [1.54, 1.807) is 18.3 Å². The molecule has 2 heterocycles. The van der Waals surface area contributed by atoms with Gasteiger partial charge in [-0.25, -0.2) is 4.98 Å². The number of rotatable bonds is 10. The van der Waals surface area contributed by atoms with Crippen LogP contribution in [0.2, 0.25) is 0 Å². The molecule has 2 saturated carbocycles. The van der Waals surface area contributed by atoms with E-state index in [1.165, 1.54) is 32.1 Å². The number of carbonyl (C=O) groups excluding carboxylic acids is 1. The summed E-state index contributed by atoms with van der Waals surface area (Å²) in [5, 5.41) is 2.95. The van der Waals surface area contributed by atoms with Crippen molar-refractivity contribution in [1.82, 2.24) is 9.88 Å². The molecule has 5 rings (SSSR count). The molecule has 6 nitrogen and oxygen atoms in total. The minimum Gasteiger partial charge on any atom is -0.494 e. The fraction of sp³-hybridized carbons (Fsp3) is 0.538. The number of pyridine rings is 1. The van der Waals surface area contributed by atoms with Crippen molar-refractivity contribution in [3.05, 3.63) is 48.2 Å². The summed E-state index contributed by atoms with van der Waals surface area (Å²) in [5.74, 6) is 1.67. The third-order valence-corrected chi connectivity index (χ3v) is 6.73. The second-order valence-electron chi connectivity index (χ2n) is 9.38. The Labute approximate surface area is 191 Å². The van der Waals surface area contributed by atoms with Crippen LogP contribution in [0, 0.1) is 0 Å². The van der Waals surface area contributed by atoms with Crippen LogP contribution in [0.15, 0.2) is 42.6 Å². The summed E-state index contributed by atoms with van der Waals surface area (Å²) >= 11 is 0. The van der Waals surface area contributed by atoms with E-state index in [0.717, 1.165) is 55.3 Å². The Balaban J connectivity index is 1.14. The topological polar surface area (TPSA) is 57.7 Å². The van der Waals surface area contributed by atoms with Gasteiger partial charge < -0.3 is 15.0 Å². The highest BCUT2D eigenvalue weighted by atomic mass is 16.5. The number of anilines is 2. The normalized spacial score (nSPS) is 20.6. The fourth-order valence-electron chi connectivity index (χ4n) is 4.72. The van der Waals surface area contributed by atoms with Crippen LogP contribution in [0.1, 0.15) is 62.2 Å². The lowest BCUT2D eigenvalue weighted by Crippen LogP contribution is -2.40. The van der Waals surface area contributed by atoms with Gasteiger partial charge in [0.1, 0.15) is 11.6 Å². The van der Waals surface area contributed by atoms with Crippen molar-refractivity contribution in [2.45, 2.75) is 70.0 Å². The van der Waals surface area contributed by atoms with Gasteiger partial charge in [-0.05, 0) is 74.9 Å². The molecule has 1 aliphatic heterocycles. The minimum atomic E-state index is -0.134. The van der Waals surface area contributed by atoms with Gasteiger partial charge in [0.15, 0.2) is 0 Å². The first kappa shape index (κ1) is 21.3. The lowest BCUT2D eigenvalue weighted by molar-refractivity contribution is 0.102. The smallest absolute Gasteiger partial charge is 0.255 e. The average molecular weight is 435 g/mol. The molecule has 3 aliphatic rings. The van der Waals surface area contributed by atoms with Crippen LogP contribution < -0.4 is 15.0 Å². The molecule has 1 aromatic carbocycles. The van der Waals surface area contributed by atoms with Gasteiger partial charge in [0.25, 0.3) is 5.91 Å². The zero-order chi connectivity index (χ0) is 21.9. The summed E-state index contributed by atoms with van der Waals surface area (Å²) in [7, 11) is 0. The maximum atomic E-state index is 12.6. The fourth-order valence-corrected chi connectivity index (χ4v) is 4.72. The van der Waals surface area contributed by atoms with Crippen molar-refractivity contribution in [1.29, 1.82) is 0 Å². The van der Waals surface area contributed by atoms with E-state index in [9.17, 15) is 4.79 Å². The molecule has 1 saturated heterocycles. The first-order valence-electron chi connectivity index (χ1n) is 12.2. The number of nitrogens with one attached hydrogen (secondary N) is 1. The molecule has 0 bridgehead atoms. The Morgan fingerprint density at radius 3 is 2.44 bits per heavy atom. The molecule has 1 N–H and O–H groups in total. The maximum Gasteiger partial charge on any atom is 0.255 e. The highest BCUT2D eigenvalue weighted by molar-refractivity contribution is 6.04. The van der Waals surface area contributed by atoms with Crippen molar-refractivity contribution in [3.8, 4) is 5.75 Å². The second kappa shape index (κ2) is 9.49. The standard InChI is InChI=1S/C26H34N4O2/c1-2-3-16-32-24-11-4-19(5-12-24)26(31)28-20-6-13-25(27-17-20)29-15-14-23(18-29)30(21-7-8-21)22-9-10-22/h4-6,11-13,17,21-23H,2-3,7-10,14-16,18H2,1H3,(H,28,31)/t23-/m1/s1. The molecule has 1 amide bonds. The maximum absolute atomic E-state index is 12.6. The molecule has 0 unspecified atom stereocenters. The first-order valence-corrected chi connectivity index (χ1v) is 12.2. The number of benzene rings is 1. The zero-order valence-electron chi connectivity index (χ0n) is 19.0. The molecule has 1 atom stereocenters. The SMILES string of the molecule is CCCCOc1ccc(C(=O)Nc2ccc(N3CC[C@@H](N(C4CC4)C4CC4)C3)nc2)cc1. The van der Waals surface area contributed by atoms with Gasteiger partial charge in [0, 0.05) is 36.8 Å². The number of aromatic nitrogens is 1. The van der Waals surface area contributed by atoms with Gasteiger partial charge in [-0.15, -0.1) is 0 Å². The Kier molecular flexibility index (Phi) is 6.30. The predicted octanol–water partition coefficient (Wildman–Crippen LogP) is 4.72. The van der Waals surface area contributed by atoms with Crippen LogP contribution in [0.4, 0.5) is 11.5 Å². The van der Waals surface area contributed by atoms with Gasteiger partial charge in [0.2, 0.25) is 0 Å². The van der Waals surface area contributed by atoms with Crippen LogP contribution in [0.3, 0.4) is 0 Å². The Bertz CT molecular complexity index is 894. The largest absolute Gasteiger partial charge is 0.494 e. The van der Waals surface area contributed by atoms with E-state index in [0.29, 0.717) is 18.2 Å². The molecule has 6 heteroatoms. The summed E-state index contributed by atoms with van der Waals surface area (Å²) in [6.45, 7) is 4.97. The van der Waals surface area contributed by atoms with Crippen LogP contribution in [-0.4, -0.2) is 53.6 Å². The summed E-state index contributed by atoms with van der Waals surface area (Å²) in [6.07, 6.45) is 10.7. The Morgan fingerprint density at radius 1 is 1.06 bits per heavy atom. The molecule has 32 heavy (non-hydrogen) atoms. The van der Waals surface area contributed by atoms with Crippen LogP contribution in [0.25, 0.3) is 0 Å². The number of nitrogens with zero attached hydrogens (tertiary/aromatic N) is 3. The third kappa shape index (κ3) is 5.07. The summed E-state index contributed by atoms with van der Waals surface area (Å²) < 4.78 is 5.67. The molecule has 3 fully saturated rings. The van der Waals surface area contributed by atoms with Crippen LogP contribution >= 0.6 is 0 Å². The molecule has 0 spiro atoms. The lowest BCUT2D eigenvalue weighted by Gasteiger charge is -2.29. The molecule has 170 valence electrons. The second-order valence-corrected chi connectivity index (χ2v) is 9.38. The molecular weight excluding hydrogens is 400 g/mol. The average Bonchev–Trinajstić information content (AvgIpc) is 3.75. The van der Waals surface area contributed by atoms with E-state index in [2.05, 4.69) is 27.0 Å². The number of hydrogen-bond donors (Lipinski definition) is 1. The summed E-state index contributed by atoms with van der Waals surface area (Å²) in [4.78, 5) is 22.4. The van der Waals surface area contributed by atoms with Gasteiger partial charge in [-0.1, -0.05) is 13.3 Å². The number of unbranched alkanes of at least 4 members (excludes halogenated alkanes) is 1. The van der Waals surface area contributed by atoms with Crippen molar-refractivity contribution in [3.63, 3.8) is 0 Å². The number of amides is 1. The predicted molar refractivity (Wildman–Crippen MR) is 128 cm³/mol. The van der Waals surface area contributed by atoms with Crippen LogP contribution in [0.5, 0.6) is 5.75 Å². The third-order valence-electron chi connectivity index (χ3n) is 6.73. The van der Waals surface area contributed by atoms with E-state index < -0.39 is 0 Å². The Morgan fingerprint density at radius 2 is 1.81 bits per heavy atom. The number of ether oxygens (including phenoxy) is 1. The van der Waals surface area contributed by atoms with Crippen molar-refractivity contribution < 1.29 is 9.53 Å². The summed E-state index contributed by atoms with van der Waals surface area (Å²) in [6, 6.07) is 13.6. The number of carbonyl (C=O) groups is 1. The van der Waals surface area contributed by atoms with Crippen molar-refractivity contribution in [2.24, 2.45) is 0 Å². The molecular formula is C26H34N4O2. The minimum absolute atomic E-state index is 0.134. The van der Waals surface area contributed by atoms with Gasteiger partial charge >= 0.3 is 0 Å². The van der Waals surface area contributed by atoms with Crippen molar-refractivity contribution in [2.75, 3.05) is 29.9 Å². The molecule has 2 aromatic rings. The summed E-state index contributed by atoms with van der Waals surface area (Å²) in [5.41, 5.74) is 1.33. The zero-order valence-corrected chi connectivity index (χ0v) is 19.0. The highest BCUT2D eigenvalue weighted by Crippen LogP contribution is 2.41. The molecule has 0 radical (unpaired) electrons. The molecule has 1 aromatic heterocycles. The Hall–Kier alpha value is -2.60. The van der Waals surface area contributed by atoms with Gasteiger partial charge in [0.05, 0.1) is 18.5 Å². The van der Waals surface area contributed by atoms with Crippen molar-refractivity contribution >= 4 is 17.4 Å². The highest BCUT2D eigenvalue weighted by Gasteiger charge is 2.44. The van der Waals surface area contributed by atoms with E-state index in [4.69, 9.17) is 4.74 Å². The van der Waals surface area contributed by atoms with E-state index in [1.807, 2.05) is 24.3 Å². The van der Waals surface area contributed by atoms with Gasteiger partial charge in [-0.2, -0.15) is 0 Å². The molecule has 2 aliphatic carbocycles. The van der Waals surface area contributed by atoms with Gasteiger partial charge in [-0.3, -0.25) is 9.69 Å². The first-order chi connectivity index (χ1) is 15.7. The van der Waals surface area contributed by atoms with E-state index in [-0.39, 0.29) is 5.91 Å². The number of hydrogen-bond acceptors (Lipinski definition) is 5. The monoisotopic (exact) mass is 434 g/mol. The van der Waals surface area contributed by atoms with E-state index >= 15 is 0 Å². The lowest BCUT2D eigenvalue weighted by atomic mass is 10.2. The quantitative estimate of drug-likeness (QED) is 0.549.